The van der Waals surface area contributed by atoms with Crippen molar-refractivity contribution >= 4 is 13.6 Å². The van der Waals surface area contributed by atoms with E-state index in [0.29, 0.717) is 11.5 Å². The highest BCUT2D eigenvalue weighted by atomic mass is 16.3. The fourth-order valence-electron chi connectivity index (χ4n) is 1.09. The average Bonchev–Trinajstić information content (AvgIpc) is 2.50. The fourth-order valence-corrected chi connectivity index (χ4v) is 1.09. The molecule has 4 heteroatoms. The van der Waals surface area contributed by atoms with Gasteiger partial charge in [0.15, 0.2) is 0 Å². The molecule has 2 rings (SSSR count). The van der Waals surface area contributed by atoms with E-state index in [4.69, 9.17) is 19.8 Å². The predicted octanol–water partition coefficient (Wildman–Crippen LogP) is 3.03. The Morgan fingerprint density at radius 2 is 0.800 bits per heavy atom. The second kappa shape index (κ2) is 12.8. The SMILES string of the molecule is C=O.C=O.Cc1ccc(O)cc1.Cc1ccc(O)cc1. The molecule has 0 spiro atoms. The van der Waals surface area contributed by atoms with Crippen LogP contribution in [-0.2, 0) is 9.59 Å². The number of rotatable bonds is 0. The lowest BCUT2D eigenvalue weighted by Crippen LogP contribution is -1.66. The molecule has 0 fully saturated rings. The van der Waals surface area contributed by atoms with E-state index in [1.165, 1.54) is 11.1 Å². The molecule has 0 bridgehead atoms. The van der Waals surface area contributed by atoms with E-state index >= 15 is 0 Å². The molecule has 0 amide bonds. The van der Waals surface area contributed by atoms with Crippen LogP contribution >= 0.6 is 0 Å². The Morgan fingerprint density at radius 3 is 0.950 bits per heavy atom. The van der Waals surface area contributed by atoms with E-state index in [-0.39, 0.29) is 0 Å². The maximum Gasteiger partial charge on any atom is 0.115 e. The minimum atomic E-state index is 0.329. The van der Waals surface area contributed by atoms with Gasteiger partial charge in [-0.2, -0.15) is 0 Å². The van der Waals surface area contributed by atoms with Gasteiger partial charge < -0.3 is 19.8 Å². The standard InChI is InChI=1S/2C7H8O.2CH2O/c2*1-6-2-4-7(8)5-3-6;2*1-2/h2*2-5,8H,1H3;2*1H2. The summed E-state index contributed by atoms with van der Waals surface area (Å²) >= 11 is 0. The molecule has 0 aliphatic rings. The number of aryl methyl sites for hydroxylation is 2. The van der Waals surface area contributed by atoms with E-state index in [2.05, 4.69) is 0 Å². The van der Waals surface area contributed by atoms with Gasteiger partial charge in [0.2, 0.25) is 0 Å². The van der Waals surface area contributed by atoms with E-state index in [9.17, 15) is 0 Å². The van der Waals surface area contributed by atoms with Gasteiger partial charge in [0.25, 0.3) is 0 Å². The van der Waals surface area contributed by atoms with Crippen molar-refractivity contribution in [3.8, 4) is 11.5 Å². The number of aromatic hydroxyl groups is 2. The lowest BCUT2D eigenvalue weighted by atomic mass is 10.2. The Balaban J connectivity index is 0. The van der Waals surface area contributed by atoms with Crippen LogP contribution in [0.1, 0.15) is 11.1 Å². The molecule has 2 aromatic carbocycles. The lowest BCUT2D eigenvalue weighted by molar-refractivity contribution is -0.0987. The normalized spacial score (nSPS) is 7.70. The van der Waals surface area contributed by atoms with Gasteiger partial charge in [-0.1, -0.05) is 35.4 Å². The monoisotopic (exact) mass is 276 g/mol. The Hall–Kier alpha value is -2.62. The van der Waals surface area contributed by atoms with Crippen molar-refractivity contribution < 1.29 is 19.8 Å². The van der Waals surface area contributed by atoms with E-state index in [0.717, 1.165) is 0 Å². The molecule has 0 saturated heterocycles. The van der Waals surface area contributed by atoms with Crippen molar-refractivity contribution in [2.45, 2.75) is 13.8 Å². The van der Waals surface area contributed by atoms with Gasteiger partial charge in [-0.25, -0.2) is 0 Å². The Kier molecular flexibility index (Phi) is 12.6. The summed E-state index contributed by atoms with van der Waals surface area (Å²) in [5.41, 5.74) is 2.34. The molecular weight excluding hydrogens is 256 g/mol. The number of benzene rings is 2. The zero-order chi connectivity index (χ0) is 16.0. The van der Waals surface area contributed by atoms with Crippen LogP contribution in [-0.4, -0.2) is 23.8 Å². The predicted molar refractivity (Wildman–Crippen MR) is 79.9 cm³/mol. The van der Waals surface area contributed by atoms with Crippen molar-refractivity contribution in [3.05, 3.63) is 59.7 Å². The van der Waals surface area contributed by atoms with Crippen LogP contribution in [0, 0.1) is 13.8 Å². The molecule has 108 valence electrons. The largest absolute Gasteiger partial charge is 0.508 e. The first-order valence-corrected chi connectivity index (χ1v) is 5.67. The fraction of sp³-hybridized carbons (Fsp3) is 0.125. The molecule has 4 nitrogen and oxygen atoms in total. The highest BCUT2D eigenvalue weighted by molar-refractivity contribution is 5.25. The van der Waals surface area contributed by atoms with Gasteiger partial charge in [0, 0.05) is 0 Å². The van der Waals surface area contributed by atoms with Crippen molar-refractivity contribution in [1.82, 2.24) is 0 Å². The number of phenols is 2. The molecule has 0 aromatic heterocycles. The maximum atomic E-state index is 8.76. The lowest BCUT2D eigenvalue weighted by Gasteiger charge is -1.89. The molecule has 2 aromatic rings. The summed E-state index contributed by atoms with van der Waals surface area (Å²) in [5.74, 6) is 0.659. The molecular formula is C16H20O4. The van der Waals surface area contributed by atoms with E-state index in [1.54, 1.807) is 24.3 Å². The molecule has 0 atom stereocenters. The Bertz CT molecular complexity index is 361. The van der Waals surface area contributed by atoms with Crippen molar-refractivity contribution in [1.29, 1.82) is 0 Å². The third-order valence-corrected chi connectivity index (χ3v) is 2.07. The van der Waals surface area contributed by atoms with Gasteiger partial charge >= 0.3 is 0 Å². The minimum Gasteiger partial charge on any atom is -0.508 e. The summed E-state index contributed by atoms with van der Waals surface area (Å²) in [5, 5.41) is 17.5. The summed E-state index contributed by atoms with van der Waals surface area (Å²) in [7, 11) is 0. The van der Waals surface area contributed by atoms with Crippen molar-refractivity contribution in [2.75, 3.05) is 0 Å². The van der Waals surface area contributed by atoms with E-state index < -0.39 is 0 Å². The highest BCUT2D eigenvalue weighted by Crippen LogP contribution is 2.08. The Morgan fingerprint density at radius 1 is 0.600 bits per heavy atom. The number of phenolic OH excluding ortho intramolecular Hbond substituents is 2. The molecule has 0 radical (unpaired) electrons. The first-order valence-electron chi connectivity index (χ1n) is 5.67. The van der Waals surface area contributed by atoms with Crippen molar-refractivity contribution in [3.63, 3.8) is 0 Å². The van der Waals surface area contributed by atoms with Crippen LogP contribution in [0.2, 0.25) is 0 Å². The van der Waals surface area contributed by atoms with E-state index in [1.807, 2.05) is 51.7 Å². The minimum absolute atomic E-state index is 0.329. The molecule has 0 saturated carbocycles. The molecule has 0 aliphatic heterocycles. The third kappa shape index (κ3) is 10.5. The zero-order valence-electron chi connectivity index (χ0n) is 11.7. The first kappa shape index (κ1) is 19.7. The maximum absolute atomic E-state index is 8.76. The van der Waals surface area contributed by atoms with Crippen LogP contribution < -0.4 is 0 Å². The Labute approximate surface area is 119 Å². The van der Waals surface area contributed by atoms with Gasteiger partial charge in [-0.05, 0) is 38.1 Å². The molecule has 0 heterocycles. The van der Waals surface area contributed by atoms with Crippen LogP contribution in [0.3, 0.4) is 0 Å². The number of carbonyl (C=O) groups excluding carboxylic acids is 2. The van der Waals surface area contributed by atoms with Gasteiger partial charge in [0.05, 0.1) is 0 Å². The molecule has 20 heavy (non-hydrogen) atoms. The molecule has 0 aliphatic carbocycles. The second-order valence-electron chi connectivity index (χ2n) is 3.67. The number of hydrogen-bond acceptors (Lipinski definition) is 4. The number of carbonyl (C=O) groups is 2. The van der Waals surface area contributed by atoms with Gasteiger partial charge in [0.1, 0.15) is 25.1 Å². The summed E-state index contributed by atoms with van der Waals surface area (Å²) in [6, 6.07) is 14.2. The summed E-state index contributed by atoms with van der Waals surface area (Å²) in [4.78, 5) is 16.0. The average molecular weight is 276 g/mol. The van der Waals surface area contributed by atoms with Crippen LogP contribution in [0.4, 0.5) is 0 Å². The van der Waals surface area contributed by atoms with Gasteiger partial charge in [-0.3, -0.25) is 0 Å². The summed E-state index contributed by atoms with van der Waals surface area (Å²) in [6.45, 7) is 7.97. The number of hydrogen-bond donors (Lipinski definition) is 2. The third-order valence-electron chi connectivity index (χ3n) is 2.07. The van der Waals surface area contributed by atoms with Crippen LogP contribution in [0.25, 0.3) is 0 Å². The van der Waals surface area contributed by atoms with Crippen LogP contribution in [0.5, 0.6) is 11.5 Å². The topological polar surface area (TPSA) is 74.6 Å². The summed E-state index contributed by atoms with van der Waals surface area (Å²) in [6.07, 6.45) is 0. The van der Waals surface area contributed by atoms with Gasteiger partial charge in [-0.15, -0.1) is 0 Å². The zero-order valence-corrected chi connectivity index (χ0v) is 11.7. The summed E-state index contributed by atoms with van der Waals surface area (Å²) < 4.78 is 0. The molecule has 0 unspecified atom stereocenters. The molecule has 2 N–H and O–H groups in total. The second-order valence-corrected chi connectivity index (χ2v) is 3.67. The first-order chi connectivity index (χ1) is 9.58. The van der Waals surface area contributed by atoms with Crippen molar-refractivity contribution in [2.24, 2.45) is 0 Å². The smallest absolute Gasteiger partial charge is 0.115 e. The highest BCUT2D eigenvalue weighted by Gasteiger charge is 1.82. The quantitative estimate of drug-likeness (QED) is 0.775. The van der Waals surface area contributed by atoms with Crippen LogP contribution in [0.15, 0.2) is 48.5 Å².